The fourth-order valence-corrected chi connectivity index (χ4v) is 16.5. The Labute approximate surface area is 216 Å². The first-order chi connectivity index (χ1) is 15.8. The van der Waals surface area contributed by atoms with Gasteiger partial charge in [-0.25, -0.2) is 0 Å². The summed E-state index contributed by atoms with van der Waals surface area (Å²) in [6, 6.07) is 22.5. The maximum absolute atomic E-state index is 4.29. The van der Waals surface area contributed by atoms with Crippen LogP contribution in [0.5, 0.6) is 0 Å². The first-order valence-corrected chi connectivity index (χ1v) is 17.0. The summed E-state index contributed by atoms with van der Waals surface area (Å²) in [4.78, 5) is 4.29. The number of nitrogens with one attached hydrogen (secondary N) is 1. The molecule has 0 radical (unpaired) electrons. The monoisotopic (exact) mass is 560 g/mol. The van der Waals surface area contributed by atoms with Crippen molar-refractivity contribution in [1.29, 1.82) is 0 Å². The van der Waals surface area contributed by atoms with E-state index in [9.17, 15) is 0 Å². The van der Waals surface area contributed by atoms with Crippen molar-refractivity contribution in [3.05, 3.63) is 81.5 Å². The topological polar surface area (TPSA) is 18.5 Å². The molecule has 1 N–H and O–H groups in total. The van der Waals surface area contributed by atoms with Crippen molar-refractivity contribution in [2.75, 3.05) is 28.2 Å². The summed E-state index contributed by atoms with van der Waals surface area (Å²) in [6.07, 6.45) is 3.66. The number of nitrogens with zero attached hydrogens (tertiary/aromatic N) is 2. The van der Waals surface area contributed by atoms with Crippen molar-refractivity contribution in [1.82, 2.24) is 11.9 Å². The Kier molecular flexibility index (Phi) is 8.32. The van der Waals surface area contributed by atoms with Crippen LogP contribution in [-0.2, 0) is 17.8 Å². The van der Waals surface area contributed by atoms with Gasteiger partial charge in [-0.15, -0.1) is 0 Å². The van der Waals surface area contributed by atoms with Gasteiger partial charge in [0.25, 0.3) is 0 Å². The zero-order valence-corrected chi connectivity index (χ0v) is 25.9. The Bertz CT molecular complexity index is 981. The average molecular weight is 559 g/mol. The maximum atomic E-state index is 4.29. The van der Waals surface area contributed by atoms with Crippen molar-refractivity contribution in [3.8, 4) is 0 Å². The van der Waals surface area contributed by atoms with Crippen LogP contribution in [0.25, 0.3) is 0 Å². The molecule has 3 rings (SSSR count). The first-order valence-electron chi connectivity index (χ1n) is 12.2. The van der Waals surface area contributed by atoms with Crippen LogP contribution < -0.4 is 15.4 Å². The summed E-state index contributed by atoms with van der Waals surface area (Å²) < 4.78 is 6.74. The van der Waals surface area contributed by atoms with Crippen LogP contribution in [0.3, 0.4) is 0 Å². The molecule has 0 unspecified atom stereocenters. The summed E-state index contributed by atoms with van der Waals surface area (Å²) in [5, 5.41) is 4.43. The van der Waals surface area contributed by atoms with E-state index in [0.717, 1.165) is 6.42 Å². The van der Waals surface area contributed by atoms with Gasteiger partial charge in [-0.1, -0.05) is 0 Å². The zero-order chi connectivity index (χ0) is 25.3. The summed E-state index contributed by atoms with van der Waals surface area (Å²) >= 11 is -1.84. The SMILES string of the molecule is C[N](C)[Mo]([C]1=C(C(C)(C)C)C([Si](NC(C)(C)C)(c2ccccc2)c2ccccc2)=CC1)[N](C)C. The Balaban J connectivity index is 2.42. The third-order valence-corrected chi connectivity index (χ3v) is 16.3. The Hall–Kier alpha value is -1.29. The third-order valence-electron chi connectivity index (χ3n) is 6.08. The van der Waals surface area contributed by atoms with Gasteiger partial charge in [-0.3, -0.25) is 0 Å². The van der Waals surface area contributed by atoms with Crippen molar-refractivity contribution in [3.63, 3.8) is 0 Å². The van der Waals surface area contributed by atoms with Gasteiger partial charge in [-0.2, -0.15) is 0 Å². The standard InChI is InChI=1S/C25H32NSi.2C2H6N.Mo/c1-24(2,3)22-18-13-19-23(22)27(26-25(4,5)6,20-14-9-7-10-15-20)21-16-11-8-12-17-21;2*1-3-2;/h7-12,14-17,19,26H,13H2,1-6H3;2*1-2H3;/q;2*-1;+2. The van der Waals surface area contributed by atoms with E-state index in [-0.39, 0.29) is 11.0 Å². The van der Waals surface area contributed by atoms with Crippen molar-refractivity contribution in [2.24, 2.45) is 5.41 Å². The van der Waals surface area contributed by atoms with Crippen LogP contribution in [0.2, 0.25) is 0 Å². The number of hydrogen-bond donors (Lipinski definition) is 1. The Morgan fingerprint density at radius 3 is 1.53 bits per heavy atom. The van der Waals surface area contributed by atoms with E-state index < -0.39 is 26.0 Å². The summed E-state index contributed by atoms with van der Waals surface area (Å²) in [5.41, 5.74) is 1.62. The molecule has 0 heterocycles. The van der Waals surface area contributed by atoms with Crippen LogP contribution in [0, 0.1) is 5.41 Å². The summed E-state index contributed by atoms with van der Waals surface area (Å²) in [6.45, 7) is 14.2. The molecule has 0 aromatic heterocycles. The number of hydrogen-bond acceptors (Lipinski definition) is 3. The second kappa shape index (κ2) is 10.4. The molecule has 0 atom stereocenters. The molecule has 0 saturated carbocycles. The minimum atomic E-state index is -2.54. The van der Waals surface area contributed by atoms with Gasteiger partial charge in [-0.05, 0) is 0 Å². The molecule has 185 valence electrons. The summed E-state index contributed by atoms with van der Waals surface area (Å²) in [7, 11) is 6.55. The van der Waals surface area contributed by atoms with Crippen molar-refractivity contribution >= 4 is 18.6 Å². The zero-order valence-electron chi connectivity index (χ0n) is 22.9. The van der Waals surface area contributed by atoms with Gasteiger partial charge in [0.05, 0.1) is 0 Å². The molecule has 0 spiro atoms. The molecular weight excluding hydrogens is 514 g/mol. The number of allylic oxidation sites excluding steroid dienone is 4. The van der Waals surface area contributed by atoms with Gasteiger partial charge < -0.3 is 0 Å². The van der Waals surface area contributed by atoms with Gasteiger partial charge >= 0.3 is 217 Å². The molecule has 5 heteroatoms. The van der Waals surface area contributed by atoms with Crippen LogP contribution in [0.15, 0.2) is 81.5 Å². The molecule has 0 bridgehead atoms. The average Bonchev–Trinajstić information content (AvgIpc) is 3.17. The Morgan fingerprint density at radius 1 is 0.735 bits per heavy atom. The molecule has 0 saturated heterocycles. The van der Waals surface area contributed by atoms with Gasteiger partial charge in [0.15, 0.2) is 0 Å². The van der Waals surface area contributed by atoms with Gasteiger partial charge in [0, 0.05) is 0 Å². The van der Waals surface area contributed by atoms with E-state index in [2.05, 4.69) is 148 Å². The van der Waals surface area contributed by atoms with E-state index in [4.69, 9.17) is 0 Å². The van der Waals surface area contributed by atoms with E-state index in [1.54, 1.807) is 14.7 Å². The van der Waals surface area contributed by atoms with Crippen molar-refractivity contribution in [2.45, 2.75) is 53.5 Å². The minimum absolute atomic E-state index is 0.0347. The van der Waals surface area contributed by atoms with E-state index in [1.807, 2.05) is 0 Å². The van der Waals surface area contributed by atoms with Crippen LogP contribution in [0.1, 0.15) is 48.0 Å². The normalized spacial score (nSPS) is 15.6. The predicted octanol–water partition coefficient (Wildman–Crippen LogP) is 4.88. The fourth-order valence-electron chi connectivity index (χ4n) is 5.27. The number of rotatable bonds is 7. The second-order valence-corrected chi connectivity index (χ2v) is 21.2. The van der Waals surface area contributed by atoms with E-state index in [1.165, 1.54) is 10.4 Å². The second-order valence-electron chi connectivity index (χ2n) is 11.6. The van der Waals surface area contributed by atoms with E-state index >= 15 is 0 Å². The molecule has 1 aliphatic rings. The van der Waals surface area contributed by atoms with Gasteiger partial charge in [0.2, 0.25) is 0 Å². The van der Waals surface area contributed by atoms with Crippen LogP contribution in [0.4, 0.5) is 0 Å². The molecule has 0 amide bonds. The third kappa shape index (κ3) is 5.58. The molecule has 2 aromatic rings. The summed E-state index contributed by atoms with van der Waals surface area (Å²) in [5.74, 6) is 0. The molecular formula is C29H44MoN3Si. The molecule has 34 heavy (non-hydrogen) atoms. The molecule has 0 fully saturated rings. The quantitative estimate of drug-likeness (QED) is 0.489. The van der Waals surface area contributed by atoms with Crippen LogP contribution >= 0.6 is 0 Å². The molecule has 3 nitrogen and oxygen atoms in total. The molecule has 2 aromatic carbocycles. The van der Waals surface area contributed by atoms with E-state index in [0.29, 0.717) is 0 Å². The molecule has 0 aliphatic heterocycles. The Morgan fingerprint density at radius 2 is 1.18 bits per heavy atom. The predicted molar refractivity (Wildman–Crippen MR) is 147 cm³/mol. The van der Waals surface area contributed by atoms with Crippen LogP contribution in [-0.4, -0.2) is 48.9 Å². The fraction of sp³-hybridized carbons (Fsp3) is 0.448. The molecule has 1 aliphatic carbocycles. The van der Waals surface area contributed by atoms with Gasteiger partial charge in [0.1, 0.15) is 0 Å². The first kappa shape index (κ1) is 27.3. The van der Waals surface area contributed by atoms with Crippen molar-refractivity contribution < 1.29 is 17.8 Å². The number of benzene rings is 2.